The van der Waals surface area contributed by atoms with E-state index < -0.39 is 15.9 Å². The van der Waals surface area contributed by atoms with Crippen molar-refractivity contribution in [3.63, 3.8) is 0 Å². The Morgan fingerprint density at radius 1 is 1.04 bits per heavy atom. The molecule has 0 bridgehead atoms. The highest BCUT2D eigenvalue weighted by molar-refractivity contribution is 7.89. The number of carbonyl (C=O) groups excluding carboxylic acids is 2. The molecule has 0 aromatic heterocycles. The molecule has 1 N–H and O–H groups in total. The lowest BCUT2D eigenvalue weighted by Gasteiger charge is -2.17. The van der Waals surface area contributed by atoms with E-state index in [4.69, 9.17) is 0 Å². The summed E-state index contributed by atoms with van der Waals surface area (Å²) in [5.41, 5.74) is 1.28. The fraction of sp³-hybridized carbons (Fsp3) is 0.263. The summed E-state index contributed by atoms with van der Waals surface area (Å²) in [7, 11) is -2.53. The van der Waals surface area contributed by atoms with E-state index in [2.05, 4.69) is 5.32 Å². The van der Waals surface area contributed by atoms with Crippen molar-refractivity contribution >= 4 is 21.7 Å². The van der Waals surface area contributed by atoms with Gasteiger partial charge in [-0.25, -0.2) is 12.8 Å². The number of hydrogen-bond acceptors (Lipinski definition) is 4. The zero-order valence-corrected chi connectivity index (χ0v) is 15.9. The van der Waals surface area contributed by atoms with Crippen molar-refractivity contribution in [2.75, 3.05) is 20.1 Å². The van der Waals surface area contributed by atoms with E-state index in [0.717, 1.165) is 9.87 Å². The van der Waals surface area contributed by atoms with Crippen LogP contribution in [0.2, 0.25) is 0 Å². The van der Waals surface area contributed by atoms with Gasteiger partial charge in [0.2, 0.25) is 15.9 Å². The molecule has 0 aliphatic heterocycles. The van der Waals surface area contributed by atoms with Crippen LogP contribution in [0.5, 0.6) is 0 Å². The number of sulfonamides is 1. The predicted octanol–water partition coefficient (Wildman–Crippen LogP) is 2.01. The van der Waals surface area contributed by atoms with Gasteiger partial charge in [0.1, 0.15) is 5.82 Å². The van der Waals surface area contributed by atoms with Gasteiger partial charge in [-0.3, -0.25) is 9.59 Å². The Kier molecular flexibility index (Phi) is 6.81. The second-order valence-electron chi connectivity index (χ2n) is 6.07. The van der Waals surface area contributed by atoms with Crippen molar-refractivity contribution in [1.29, 1.82) is 0 Å². The molecule has 0 spiro atoms. The van der Waals surface area contributed by atoms with E-state index in [1.165, 1.54) is 50.4 Å². The Hall–Kier alpha value is -2.58. The molecule has 0 fully saturated rings. The van der Waals surface area contributed by atoms with Gasteiger partial charge in [-0.2, -0.15) is 4.31 Å². The van der Waals surface area contributed by atoms with Gasteiger partial charge < -0.3 is 5.32 Å². The zero-order chi connectivity index (χ0) is 20.0. The van der Waals surface area contributed by atoms with Gasteiger partial charge in [0.05, 0.1) is 11.4 Å². The molecule has 144 valence electrons. The first-order valence-corrected chi connectivity index (χ1v) is 9.72. The molecule has 27 heavy (non-hydrogen) atoms. The number of carbonyl (C=O) groups is 2. The summed E-state index contributed by atoms with van der Waals surface area (Å²) < 4.78 is 38.8. The first kappa shape index (κ1) is 20.7. The largest absolute Gasteiger partial charge is 0.355 e. The number of likely N-dealkylation sites (N-methyl/N-ethyl adjacent to an activating group) is 1. The molecule has 0 aliphatic carbocycles. The maximum atomic E-state index is 12.8. The third kappa shape index (κ3) is 5.70. The average molecular weight is 392 g/mol. The van der Waals surface area contributed by atoms with Crippen LogP contribution in [0.25, 0.3) is 0 Å². The normalized spacial score (nSPS) is 11.4. The number of halogens is 1. The van der Waals surface area contributed by atoms with Crippen molar-refractivity contribution in [2.45, 2.75) is 18.2 Å². The van der Waals surface area contributed by atoms with Crippen molar-refractivity contribution in [1.82, 2.24) is 9.62 Å². The summed E-state index contributed by atoms with van der Waals surface area (Å²) in [6, 6.07) is 11.5. The fourth-order valence-corrected chi connectivity index (χ4v) is 3.51. The zero-order valence-electron chi connectivity index (χ0n) is 15.1. The second kappa shape index (κ2) is 8.88. The maximum Gasteiger partial charge on any atom is 0.243 e. The minimum atomic E-state index is -3.84. The van der Waals surface area contributed by atoms with E-state index in [0.29, 0.717) is 18.5 Å². The number of ketones is 1. The summed E-state index contributed by atoms with van der Waals surface area (Å²) in [6.45, 7) is 1.37. The molecule has 2 rings (SSSR count). The Morgan fingerprint density at radius 2 is 1.63 bits per heavy atom. The third-order valence-corrected chi connectivity index (χ3v) is 5.80. The molecule has 0 unspecified atom stereocenters. The van der Waals surface area contributed by atoms with Gasteiger partial charge >= 0.3 is 0 Å². The molecule has 1 amide bonds. The Labute approximate surface area is 158 Å². The van der Waals surface area contributed by atoms with E-state index >= 15 is 0 Å². The first-order valence-electron chi connectivity index (χ1n) is 8.28. The maximum absolute atomic E-state index is 12.8. The first-order chi connectivity index (χ1) is 12.7. The molecule has 0 atom stereocenters. The van der Waals surface area contributed by atoms with Crippen LogP contribution in [0.15, 0.2) is 53.4 Å². The molecule has 0 saturated carbocycles. The summed E-state index contributed by atoms with van der Waals surface area (Å²) in [5.74, 6) is -0.928. The Morgan fingerprint density at radius 3 is 2.19 bits per heavy atom. The molecule has 0 saturated heterocycles. The molecular formula is C19H21FN2O4S. The summed E-state index contributed by atoms with van der Waals surface area (Å²) in [6.07, 6.45) is 0.509. The van der Waals surface area contributed by atoms with Crippen LogP contribution in [0.1, 0.15) is 22.8 Å². The number of nitrogens with zero attached hydrogens (tertiary/aromatic N) is 1. The van der Waals surface area contributed by atoms with Gasteiger partial charge in [-0.05, 0) is 43.2 Å². The van der Waals surface area contributed by atoms with E-state index in [9.17, 15) is 22.4 Å². The highest BCUT2D eigenvalue weighted by Crippen LogP contribution is 2.15. The van der Waals surface area contributed by atoms with E-state index in [-0.39, 0.29) is 23.0 Å². The van der Waals surface area contributed by atoms with Gasteiger partial charge in [0.15, 0.2) is 5.78 Å². The minimum absolute atomic E-state index is 0.00844. The summed E-state index contributed by atoms with van der Waals surface area (Å²) in [4.78, 5) is 23.3. The highest BCUT2D eigenvalue weighted by atomic mass is 32.2. The highest BCUT2D eigenvalue weighted by Gasteiger charge is 2.23. The van der Waals surface area contributed by atoms with E-state index in [1.807, 2.05) is 0 Å². The van der Waals surface area contributed by atoms with Gasteiger partial charge in [0.25, 0.3) is 0 Å². The van der Waals surface area contributed by atoms with Crippen LogP contribution in [0.3, 0.4) is 0 Å². The van der Waals surface area contributed by atoms with Gasteiger partial charge in [-0.15, -0.1) is 0 Å². The summed E-state index contributed by atoms with van der Waals surface area (Å²) in [5, 5.41) is 2.64. The lowest BCUT2D eigenvalue weighted by molar-refractivity contribution is -0.121. The molecule has 2 aromatic rings. The van der Waals surface area contributed by atoms with Crippen LogP contribution < -0.4 is 5.32 Å². The fourth-order valence-electron chi connectivity index (χ4n) is 2.38. The summed E-state index contributed by atoms with van der Waals surface area (Å²) >= 11 is 0. The van der Waals surface area contributed by atoms with Crippen LogP contribution in [-0.2, 0) is 21.2 Å². The molecule has 6 nitrogen and oxygen atoms in total. The van der Waals surface area contributed by atoms with Gasteiger partial charge in [0, 0.05) is 19.2 Å². The quantitative estimate of drug-likeness (QED) is 0.697. The lowest BCUT2D eigenvalue weighted by atomic mass is 10.1. The molecule has 0 aliphatic rings. The van der Waals surface area contributed by atoms with Crippen LogP contribution >= 0.6 is 0 Å². The average Bonchev–Trinajstić information content (AvgIpc) is 2.63. The van der Waals surface area contributed by atoms with Crippen LogP contribution in [0, 0.1) is 5.82 Å². The van der Waals surface area contributed by atoms with Gasteiger partial charge in [-0.1, -0.05) is 24.3 Å². The molecule has 8 heteroatoms. The molecular weight excluding hydrogens is 371 g/mol. The smallest absolute Gasteiger partial charge is 0.243 e. The number of Topliss-reactive ketones (excluding diaryl/α,β-unsaturated/α-hetero) is 1. The number of benzene rings is 2. The molecule has 2 aromatic carbocycles. The number of amides is 1. The predicted molar refractivity (Wildman–Crippen MR) is 99.4 cm³/mol. The van der Waals surface area contributed by atoms with E-state index in [1.54, 1.807) is 12.1 Å². The number of nitrogens with one attached hydrogen (secondary N) is 1. The number of rotatable bonds is 8. The second-order valence-corrected chi connectivity index (χ2v) is 8.11. The van der Waals surface area contributed by atoms with Crippen molar-refractivity contribution < 1.29 is 22.4 Å². The number of hydrogen-bond donors (Lipinski definition) is 1. The topological polar surface area (TPSA) is 83.6 Å². The minimum Gasteiger partial charge on any atom is -0.355 e. The van der Waals surface area contributed by atoms with Crippen molar-refractivity contribution in [3.8, 4) is 0 Å². The molecule has 0 radical (unpaired) electrons. The SMILES string of the molecule is CC(=O)c1ccc(S(=O)(=O)N(C)CC(=O)NCCc2ccc(F)cc2)cc1. The van der Waals surface area contributed by atoms with Crippen molar-refractivity contribution in [3.05, 3.63) is 65.5 Å². The lowest BCUT2D eigenvalue weighted by Crippen LogP contribution is -2.39. The standard InChI is InChI=1S/C19H21FN2O4S/c1-14(23)16-5-9-18(10-6-16)27(25,26)22(2)13-19(24)21-12-11-15-3-7-17(20)8-4-15/h3-10H,11-13H2,1-2H3,(H,21,24). The van der Waals surface area contributed by atoms with Crippen LogP contribution in [0.4, 0.5) is 4.39 Å². The Balaban J connectivity index is 1.90. The van der Waals surface area contributed by atoms with Crippen molar-refractivity contribution in [2.24, 2.45) is 0 Å². The molecule has 0 heterocycles. The third-order valence-electron chi connectivity index (χ3n) is 3.98. The monoisotopic (exact) mass is 392 g/mol. The Bertz CT molecular complexity index is 910. The van der Waals surface area contributed by atoms with Crippen LogP contribution in [-0.4, -0.2) is 44.6 Å².